The zero-order valence-electron chi connectivity index (χ0n) is 16.8. The van der Waals surface area contributed by atoms with Crippen LogP contribution in [0.2, 0.25) is 0 Å². The number of aromatic nitrogens is 2. The summed E-state index contributed by atoms with van der Waals surface area (Å²) in [6, 6.07) is 6.87. The van der Waals surface area contributed by atoms with Crippen molar-refractivity contribution in [1.29, 1.82) is 0 Å². The van der Waals surface area contributed by atoms with Gasteiger partial charge in [-0.15, -0.1) is 0 Å². The number of rotatable bonds is 5. The van der Waals surface area contributed by atoms with Crippen LogP contribution >= 0.6 is 0 Å². The molecule has 1 aromatic heterocycles. The second-order valence-electron chi connectivity index (χ2n) is 7.69. The Morgan fingerprint density at radius 2 is 1.87 bits per heavy atom. The fourth-order valence-corrected chi connectivity index (χ4v) is 3.57. The van der Waals surface area contributed by atoms with Gasteiger partial charge in [-0.3, -0.25) is 9.36 Å². The number of ether oxygens (including phenoxy) is 2. The second-order valence-corrected chi connectivity index (χ2v) is 7.69. The zero-order chi connectivity index (χ0) is 22.2. The van der Waals surface area contributed by atoms with Crippen molar-refractivity contribution in [3.05, 3.63) is 46.1 Å². The molecule has 2 aliphatic heterocycles. The summed E-state index contributed by atoms with van der Waals surface area (Å²) in [5, 5.41) is 19.8. The maximum Gasteiger partial charge on any atom is 0.415 e. The Kier molecular flexibility index (Phi) is 5.13. The summed E-state index contributed by atoms with van der Waals surface area (Å²) in [6.07, 6.45) is 0.354. The lowest BCUT2D eigenvalue weighted by atomic mass is 10.1. The molecule has 1 unspecified atom stereocenters. The van der Waals surface area contributed by atoms with Gasteiger partial charge in [0.2, 0.25) is 0 Å². The Labute approximate surface area is 176 Å². The first-order valence-electron chi connectivity index (χ1n) is 9.65. The van der Waals surface area contributed by atoms with E-state index in [2.05, 4.69) is 4.98 Å². The van der Waals surface area contributed by atoms with Crippen LogP contribution in [-0.4, -0.2) is 79.8 Å². The monoisotopic (exact) mass is 431 g/mol. The van der Waals surface area contributed by atoms with E-state index in [1.54, 1.807) is 33.7 Å². The van der Waals surface area contributed by atoms with Crippen molar-refractivity contribution in [3.8, 4) is 11.8 Å². The summed E-state index contributed by atoms with van der Waals surface area (Å²) in [4.78, 5) is 40.6. The van der Waals surface area contributed by atoms with Crippen LogP contribution in [0.1, 0.15) is 17.3 Å². The van der Waals surface area contributed by atoms with Gasteiger partial charge in [0.05, 0.1) is 6.54 Å². The number of carbonyl (C=O) groups excluding carboxylic acids is 1. The van der Waals surface area contributed by atoms with Crippen LogP contribution in [0.15, 0.2) is 30.5 Å². The fourth-order valence-electron chi connectivity index (χ4n) is 3.57. The van der Waals surface area contributed by atoms with Gasteiger partial charge in [0.15, 0.2) is 5.60 Å². The van der Waals surface area contributed by atoms with Crippen LogP contribution in [0.3, 0.4) is 0 Å². The maximum atomic E-state index is 12.6. The molecule has 2 aliphatic rings. The van der Waals surface area contributed by atoms with Gasteiger partial charge in [0.25, 0.3) is 5.91 Å². The molecular weight excluding hydrogens is 410 g/mol. The van der Waals surface area contributed by atoms with Gasteiger partial charge in [-0.05, 0) is 36.1 Å². The summed E-state index contributed by atoms with van der Waals surface area (Å²) in [7, 11) is 0. The quantitative estimate of drug-likeness (QED) is 0.554. The molecule has 0 bridgehead atoms. The van der Waals surface area contributed by atoms with Crippen LogP contribution in [-0.2, 0) is 6.54 Å². The van der Waals surface area contributed by atoms with Gasteiger partial charge in [0, 0.05) is 36.7 Å². The molecular formula is C19H21N5O7. The van der Waals surface area contributed by atoms with Gasteiger partial charge in [0.1, 0.15) is 18.6 Å². The number of fused-ring (bicyclic) bond motifs is 1. The van der Waals surface area contributed by atoms with Crippen LogP contribution < -0.4 is 9.47 Å². The molecule has 2 aromatic rings. The minimum atomic E-state index is -0.977. The predicted octanol–water partition coefficient (Wildman–Crippen LogP) is 1.46. The van der Waals surface area contributed by atoms with E-state index >= 15 is 0 Å². The first-order valence-corrected chi connectivity index (χ1v) is 9.65. The van der Waals surface area contributed by atoms with Gasteiger partial charge >= 0.3 is 17.9 Å². The highest BCUT2D eigenvalue weighted by molar-refractivity contribution is 5.94. The number of carbonyl (C=O) groups is 2. The third-order valence-electron chi connectivity index (χ3n) is 5.24. The van der Waals surface area contributed by atoms with Crippen LogP contribution in [0.5, 0.6) is 11.8 Å². The normalized spacial score (nSPS) is 20.2. The lowest BCUT2D eigenvalue weighted by Crippen LogP contribution is -2.50. The van der Waals surface area contributed by atoms with E-state index in [-0.39, 0.29) is 24.3 Å². The highest BCUT2D eigenvalue weighted by Gasteiger charge is 2.41. The Hall–Kier alpha value is -3.83. The van der Waals surface area contributed by atoms with Crippen molar-refractivity contribution in [1.82, 2.24) is 19.4 Å². The molecule has 2 amide bonds. The molecule has 1 fully saturated rings. The summed E-state index contributed by atoms with van der Waals surface area (Å²) in [5.74, 6) is 0.130. The topological polar surface area (TPSA) is 140 Å². The van der Waals surface area contributed by atoms with Crippen molar-refractivity contribution < 1.29 is 29.1 Å². The molecule has 4 rings (SSSR count). The van der Waals surface area contributed by atoms with Crippen LogP contribution in [0, 0.1) is 10.1 Å². The highest BCUT2D eigenvalue weighted by Crippen LogP contribution is 2.31. The third kappa shape index (κ3) is 4.22. The molecule has 1 aromatic carbocycles. The van der Waals surface area contributed by atoms with Gasteiger partial charge < -0.3 is 34.5 Å². The first kappa shape index (κ1) is 20.4. The minimum absolute atomic E-state index is 0.158. The molecule has 164 valence electrons. The molecule has 1 atom stereocenters. The second kappa shape index (κ2) is 7.78. The summed E-state index contributed by atoms with van der Waals surface area (Å²) < 4.78 is 13.1. The van der Waals surface area contributed by atoms with Crippen LogP contribution in [0.25, 0.3) is 0 Å². The molecule has 0 spiro atoms. The summed E-state index contributed by atoms with van der Waals surface area (Å²) in [6.45, 7) is 3.67. The zero-order valence-corrected chi connectivity index (χ0v) is 16.8. The van der Waals surface area contributed by atoms with E-state index in [1.165, 1.54) is 11.1 Å². The number of imidazole rings is 1. The first-order chi connectivity index (χ1) is 14.7. The van der Waals surface area contributed by atoms with Gasteiger partial charge in [-0.1, -0.05) is 0 Å². The van der Waals surface area contributed by atoms with Crippen LogP contribution in [0.4, 0.5) is 10.6 Å². The van der Waals surface area contributed by atoms with E-state index in [9.17, 15) is 19.7 Å². The molecule has 12 nitrogen and oxygen atoms in total. The molecule has 3 heterocycles. The molecule has 0 radical (unpaired) electrons. The van der Waals surface area contributed by atoms with Crippen molar-refractivity contribution >= 4 is 17.8 Å². The molecule has 0 aliphatic carbocycles. The standard InChI is InChI=1S/C19H21N5O7/c1-19(11-23-10-15(24(28)29)20-17(23)31-19)12-30-14-4-2-13(3-5-14)16(25)21-6-8-22(9-7-21)18(26)27/h2-5,10H,6-9,11-12H2,1H3,(H,26,27). The molecule has 0 saturated carbocycles. The van der Waals surface area contributed by atoms with E-state index < -0.39 is 16.6 Å². The highest BCUT2D eigenvalue weighted by atomic mass is 16.6. The number of hydrogen-bond acceptors (Lipinski definition) is 7. The van der Waals surface area contributed by atoms with Gasteiger partial charge in [-0.25, -0.2) is 4.79 Å². The summed E-state index contributed by atoms with van der Waals surface area (Å²) in [5.41, 5.74) is -0.234. The smallest absolute Gasteiger partial charge is 0.415 e. The SMILES string of the molecule is CC1(COc2ccc(C(=O)N3CCN(C(=O)O)CC3)cc2)Cn2cc([N+](=O)[O-])nc2O1. The number of nitro groups is 1. The Morgan fingerprint density at radius 1 is 1.23 bits per heavy atom. The number of nitrogens with zero attached hydrogens (tertiary/aromatic N) is 5. The number of carboxylic acid groups (broad SMARTS) is 1. The molecule has 1 N–H and O–H groups in total. The fraction of sp³-hybridized carbons (Fsp3) is 0.421. The average Bonchev–Trinajstić information content (AvgIpc) is 3.28. The third-order valence-corrected chi connectivity index (χ3v) is 5.24. The number of benzene rings is 1. The van der Waals surface area contributed by atoms with E-state index in [4.69, 9.17) is 14.6 Å². The lowest BCUT2D eigenvalue weighted by molar-refractivity contribution is -0.389. The lowest BCUT2D eigenvalue weighted by Gasteiger charge is -2.33. The number of amides is 2. The largest absolute Gasteiger partial charge is 0.489 e. The predicted molar refractivity (Wildman–Crippen MR) is 105 cm³/mol. The van der Waals surface area contributed by atoms with Crippen molar-refractivity contribution in [2.24, 2.45) is 0 Å². The van der Waals surface area contributed by atoms with E-state index in [1.807, 2.05) is 6.92 Å². The molecule has 31 heavy (non-hydrogen) atoms. The molecule has 1 saturated heterocycles. The van der Waals surface area contributed by atoms with E-state index in [0.717, 1.165) is 0 Å². The average molecular weight is 431 g/mol. The number of piperazine rings is 1. The molecule has 12 heteroatoms. The maximum absolute atomic E-state index is 12.6. The van der Waals surface area contributed by atoms with E-state index in [0.29, 0.717) is 44.0 Å². The van der Waals surface area contributed by atoms with Crippen molar-refractivity contribution in [3.63, 3.8) is 0 Å². The Balaban J connectivity index is 1.31. The van der Waals surface area contributed by atoms with Gasteiger partial charge in [-0.2, -0.15) is 0 Å². The van der Waals surface area contributed by atoms with Crippen molar-refractivity contribution in [2.45, 2.75) is 19.1 Å². The Morgan fingerprint density at radius 3 is 2.45 bits per heavy atom. The number of hydrogen-bond donors (Lipinski definition) is 1. The summed E-state index contributed by atoms with van der Waals surface area (Å²) >= 11 is 0. The van der Waals surface area contributed by atoms with Crippen molar-refractivity contribution in [2.75, 3.05) is 32.8 Å². The Bertz CT molecular complexity index is 988. The minimum Gasteiger partial charge on any atom is -0.489 e.